The van der Waals surface area contributed by atoms with Crippen molar-refractivity contribution in [3.8, 4) is 0 Å². The van der Waals surface area contributed by atoms with Gasteiger partial charge in [0.05, 0.1) is 12.2 Å². The van der Waals surface area contributed by atoms with E-state index in [0.717, 1.165) is 0 Å². The summed E-state index contributed by atoms with van der Waals surface area (Å²) in [5.41, 5.74) is 0. The van der Waals surface area contributed by atoms with Crippen LogP contribution in [-0.2, 0) is 14.3 Å². The Morgan fingerprint density at radius 1 is 1.42 bits per heavy atom. The van der Waals surface area contributed by atoms with Crippen LogP contribution in [0.1, 0.15) is 13.8 Å². The van der Waals surface area contributed by atoms with E-state index in [0.29, 0.717) is 0 Å². The molecule has 1 saturated heterocycles. The lowest BCUT2D eigenvalue weighted by atomic mass is 9.98. The van der Waals surface area contributed by atoms with E-state index < -0.39 is 18.3 Å². The van der Waals surface area contributed by atoms with E-state index in [9.17, 15) is 9.90 Å². The zero-order valence-corrected chi connectivity index (χ0v) is 7.48. The fourth-order valence-electron chi connectivity index (χ4n) is 1.42. The number of rotatable bonds is 1. The molecule has 0 aromatic heterocycles. The van der Waals surface area contributed by atoms with Crippen molar-refractivity contribution in [3.05, 3.63) is 0 Å². The minimum Gasteiger partial charge on any atom is -0.382 e. The number of ketones is 1. The Morgan fingerprint density at radius 2 is 2.00 bits per heavy atom. The van der Waals surface area contributed by atoms with Crippen molar-refractivity contribution in [2.75, 3.05) is 7.11 Å². The largest absolute Gasteiger partial charge is 0.382 e. The number of aliphatic hydroxyl groups excluding tert-OH is 1. The molecule has 4 nitrogen and oxygen atoms in total. The van der Waals surface area contributed by atoms with Gasteiger partial charge in [-0.25, -0.2) is 0 Å². The molecule has 1 N–H and O–H groups in total. The average molecular weight is 174 g/mol. The van der Waals surface area contributed by atoms with Gasteiger partial charge in [0, 0.05) is 7.11 Å². The smallest absolute Gasteiger partial charge is 0.195 e. The second-order valence-corrected chi connectivity index (χ2v) is 3.05. The summed E-state index contributed by atoms with van der Waals surface area (Å²) in [6.07, 6.45) is -2.39. The highest BCUT2D eigenvalue weighted by atomic mass is 16.6. The highest BCUT2D eigenvalue weighted by molar-refractivity contribution is 5.88. The van der Waals surface area contributed by atoms with Gasteiger partial charge in [0.1, 0.15) is 12.2 Å². The molecule has 0 amide bonds. The summed E-state index contributed by atoms with van der Waals surface area (Å²) in [5.74, 6) is -0.288. The first kappa shape index (κ1) is 9.64. The highest BCUT2D eigenvalue weighted by Gasteiger charge is 2.40. The first-order valence-corrected chi connectivity index (χ1v) is 3.98. The Balaban J connectivity index is 2.72. The van der Waals surface area contributed by atoms with E-state index in [1.807, 2.05) is 0 Å². The van der Waals surface area contributed by atoms with E-state index in [4.69, 9.17) is 9.47 Å². The van der Waals surface area contributed by atoms with Crippen molar-refractivity contribution in [1.29, 1.82) is 0 Å². The van der Waals surface area contributed by atoms with Gasteiger partial charge in [-0.05, 0) is 13.8 Å². The average Bonchev–Trinajstić information content (AvgIpc) is 2.01. The van der Waals surface area contributed by atoms with Crippen LogP contribution >= 0.6 is 0 Å². The summed E-state index contributed by atoms with van der Waals surface area (Å²) >= 11 is 0. The Morgan fingerprint density at radius 3 is 2.50 bits per heavy atom. The van der Waals surface area contributed by atoms with Crippen LogP contribution < -0.4 is 0 Å². The maximum Gasteiger partial charge on any atom is 0.195 e. The van der Waals surface area contributed by atoms with Crippen LogP contribution in [0.15, 0.2) is 0 Å². The first-order chi connectivity index (χ1) is 5.57. The normalized spacial score (nSPS) is 43.2. The Bertz CT molecular complexity index is 180. The van der Waals surface area contributed by atoms with Gasteiger partial charge in [-0.15, -0.1) is 0 Å². The van der Waals surface area contributed by atoms with Crippen LogP contribution in [-0.4, -0.2) is 42.4 Å². The number of hydrogen-bond acceptors (Lipinski definition) is 4. The molecule has 1 aliphatic rings. The monoisotopic (exact) mass is 174 g/mol. The predicted molar refractivity (Wildman–Crippen MR) is 41.8 cm³/mol. The zero-order valence-electron chi connectivity index (χ0n) is 7.48. The fourth-order valence-corrected chi connectivity index (χ4v) is 1.42. The fraction of sp³-hybridized carbons (Fsp3) is 0.875. The van der Waals surface area contributed by atoms with E-state index in [-0.39, 0.29) is 11.9 Å². The summed E-state index contributed by atoms with van der Waals surface area (Å²) < 4.78 is 10.2. The summed E-state index contributed by atoms with van der Waals surface area (Å²) in [6.45, 7) is 3.43. The lowest BCUT2D eigenvalue weighted by molar-refractivity contribution is -0.180. The summed E-state index contributed by atoms with van der Waals surface area (Å²) in [7, 11) is 1.44. The van der Waals surface area contributed by atoms with Gasteiger partial charge in [0.25, 0.3) is 0 Å². The molecule has 0 saturated carbocycles. The molecule has 70 valence electrons. The van der Waals surface area contributed by atoms with Crippen molar-refractivity contribution < 1.29 is 19.4 Å². The standard InChI is InChI=1S/C8H14O4/c1-4-6(9)7(10)8(11-3)5(2)12-4/h4-6,8-9H,1-3H3/t4?,5-,6-,8-/m0/s1. The molecule has 0 spiro atoms. The molecule has 12 heavy (non-hydrogen) atoms. The molecular formula is C8H14O4. The maximum atomic E-state index is 11.3. The molecule has 1 fully saturated rings. The maximum absolute atomic E-state index is 11.3. The van der Waals surface area contributed by atoms with Gasteiger partial charge >= 0.3 is 0 Å². The number of carbonyl (C=O) groups excluding carboxylic acids is 1. The molecule has 0 aromatic carbocycles. The van der Waals surface area contributed by atoms with Crippen molar-refractivity contribution in [1.82, 2.24) is 0 Å². The third-order valence-corrected chi connectivity index (χ3v) is 2.13. The van der Waals surface area contributed by atoms with Crippen molar-refractivity contribution in [2.24, 2.45) is 0 Å². The third-order valence-electron chi connectivity index (χ3n) is 2.13. The van der Waals surface area contributed by atoms with Crippen molar-refractivity contribution >= 4 is 5.78 Å². The predicted octanol–water partition coefficient (Wildman–Crippen LogP) is -0.261. The highest BCUT2D eigenvalue weighted by Crippen LogP contribution is 2.18. The van der Waals surface area contributed by atoms with Crippen LogP contribution in [0.2, 0.25) is 0 Å². The SMILES string of the molecule is CO[C@@H]1C(=O)[C@@H](O)C(C)O[C@H]1C. The number of aliphatic hydroxyl groups is 1. The second-order valence-electron chi connectivity index (χ2n) is 3.05. The Kier molecular flexibility index (Phi) is 2.82. The molecule has 0 radical (unpaired) electrons. The molecule has 1 unspecified atom stereocenters. The van der Waals surface area contributed by atoms with Gasteiger partial charge in [-0.3, -0.25) is 4.79 Å². The molecule has 4 heteroatoms. The Hall–Kier alpha value is -0.450. The second kappa shape index (κ2) is 3.51. The molecule has 0 aromatic rings. The van der Waals surface area contributed by atoms with E-state index in [1.54, 1.807) is 13.8 Å². The van der Waals surface area contributed by atoms with Crippen molar-refractivity contribution in [2.45, 2.75) is 38.3 Å². The lowest BCUT2D eigenvalue weighted by Gasteiger charge is -2.34. The number of Topliss-reactive ketones (excluding diaryl/α,β-unsaturated/α-hetero) is 1. The molecular weight excluding hydrogens is 160 g/mol. The quantitative estimate of drug-likeness (QED) is 0.595. The molecule has 1 aliphatic heterocycles. The van der Waals surface area contributed by atoms with Crippen LogP contribution in [0.3, 0.4) is 0 Å². The molecule has 0 bridgehead atoms. The van der Waals surface area contributed by atoms with Crippen LogP contribution in [0.4, 0.5) is 0 Å². The van der Waals surface area contributed by atoms with Crippen LogP contribution in [0.5, 0.6) is 0 Å². The summed E-state index contributed by atoms with van der Waals surface area (Å²) in [5, 5.41) is 9.31. The van der Waals surface area contributed by atoms with Crippen LogP contribution in [0.25, 0.3) is 0 Å². The van der Waals surface area contributed by atoms with Crippen molar-refractivity contribution in [3.63, 3.8) is 0 Å². The third kappa shape index (κ3) is 1.50. The molecule has 4 atom stereocenters. The van der Waals surface area contributed by atoms with Gasteiger partial charge in [-0.1, -0.05) is 0 Å². The number of methoxy groups -OCH3 is 1. The number of ether oxygens (including phenoxy) is 2. The van der Waals surface area contributed by atoms with E-state index in [2.05, 4.69) is 0 Å². The van der Waals surface area contributed by atoms with E-state index in [1.165, 1.54) is 7.11 Å². The van der Waals surface area contributed by atoms with Gasteiger partial charge < -0.3 is 14.6 Å². The topological polar surface area (TPSA) is 55.8 Å². The van der Waals surface area contributed by atoms with E-state index >= 15 is 0 Å². The summed E-state index contributed by atoms with van der Waals surface area (Å²) in [6, 6.07) is 0. The number of hydrogen-bond donors (Lipinski definition) is 1. The number of carbonyl (C=O) groups is 1. The van der Waals surface area contributed by atoms with Gasteiger partial charge in [0.15, 0.2) is 5.78 Å². The molecule has 1 heterocycles. The van der Waals surface area contributed by atoms with Gasteiger partial charge in [0.2, 0.25) is 0 Å². The Labute approximate surface area is 71.5 Å². The van der Waals surface area contributed by atoms with Gasteiger partial charge in [-0.2, -0.15) is 0 Å². The minimum atomic E-state index is -1.05. The van der Waals surface area contributed by atoms with Crippen LogP contribution in [0, 0.1) is 0 Å². The zero-order chi connectivity index (χ0) is 9.30. The molecule has 0 aliphatic carbocycles. The lowest BCUT2D eigenvalue weighted by Crippen LogP contribution is -2.53. The molecule has 1 rings (SSSR count). The first-order valence-electron chi connectivity index (χ1n) is 3.98. The minimum absolute atomic E-state index is 0.277. The summed E-state index contributed by atoms with van der Waals surface area (Å²) in [4.78, 5) is 11.3.